The van der Waals surface area contributed by atoms with E-state index < -0.39 is 51.8 Å². The lowest BCUT2D eigenvalue weighted by molar-refractivity contribution is -0.161. The van der Waals surface area contributed by atoms with Crippen LogP contribution in [0.4, 0.5) is 0 Å². The van der Waals surface area contributed by atoms with E-state index in [0.29, 0.717) is 12.8 Å². The molecule has 53 heavy (non-hydrogen) atoms. The van der Waals surface area contributed by atoms with E-state index in [4.69, 9.17) is 19.1 Å². The van der Waals surface area contributed by atoms with Crippen molar-refractivity contribution >= 4 is 19.8 Å². The topological polar surface area (TPSA) is 149 Å². The predicted molar refractivity (Wildman–Crippen MR) is 214 cm³/mol. The van der Waals surface area contributed by atoms with Gasteiger partial charge in [0, 0.05) is 12.8 Å². The van der Waals surface area contributed by atoms with Gasteiger partial charge < -0.3 is 24.6 Å². The number of phosphoric ester groups is 1. The van der Waals surface area contributed by atoms with Crippen LogP contribution in [0.25, 0.3) is 0 Å². The van der Waals surface area contributed by atoms with Crippen LogP contribution in [0.3, 0.4) is 0 Å². The quantitative estimate of drug-likeness (QED) is 0.0238. The maximum absolute atomic E-state index is 12.6. The molecule has 0 aromatic heterocycles. The van der Waals surface area contributed by atoms with Crippen molar-refractivity contribution in [3.8, 4) is 0 Å². The summed E-state index contributed by atoms with van der Waals surface area (Å²) in [5, 5.41) is 18.3. The van der Waals surface area contributed by atoms with Crippen molar-refractivity contribution in [2.45, 2.75) is 193 Å². The zero-order valence-corrected chi connectivity index (χ0v) is 34.4. The molecule has 0 radical (unpaired) electrons. The molecule has 3 atom stereocenters. The third-order valence-corrected chi connectivity index (χ3v) is 9.73. The first kappa shape index (κ1) is 51.2. The molecule has 0 fully saturated rings. The molecule has 0 aromatic rings. The van der Waals surface area contributed by atoms with Crippen molar-refractivity contribution < 1.29 is 47.8 Å². The van der Waals surface area contributed by atoms with Crippen LogP contribution < -0.4 is 0 Å². The Morgan fingerprint density at radius 2 is 1.02 bits per heavy atom. The molecule has 0 saturated heterocycles. The van der Waals surface area contributed by atoms with Crippen LogP contribution in [0.15, 0.2) is 36.5 Å². The minimum atomic E-state index is -4.62. The van der Waals surface area contributed by atoms with E-state index in [0.717, 1.165) is 57.8 Å². The van der Waals surface area contributed by atoms with Crippen molar-refractivity contribution in [2.75, 3.05) is 26.4 Å². The van der Waals surface area contributed by atoms with Gasteiger partial charge in [-0.15, -0.1) is 0 Å². The predicted octanol–water partition coefficient (Wildman–Crippen LogP) is 10.8. The summed E-state index contributed by atoms with van der Waals surface area (Å²) in [4.78, 5) is 34.9. The first-order valence-electron chi connectivity index (χ1n) is 20.9. The number of ether oxygens (including phenoxy) is 2. The van der Waals surface area contributed by atoms with Crippen LogP contribution in [-0.2, 0) is 32.7 Å². The Hall–Kier alpha value is -1.81. The van der Waals surface area contributed by atoms with Crippen molar-refractivity contribution in [1.82, 2.24) is 0 Å². The molecule has 310 valence electrons. The summed E-state index contributed by atoms with van der Waals surface area (Å²) in [6, 6.07) is 0. The highest BCUT2D eigenvalue weighted by molar-refractivity contribution is 7.47. The normalized spacial score (nSPS) is 14.3. The van der Waals surface area contributed by atoms with E-state index in [9.17, 15) is 24.2 Å². The van der Waals surface area contributed by atoms with Crippen molar-refractivity contribution in [1.29, 1.82) is 0 Å². The van der Waals surface area contributed by atoms with Gasteiger partial charge in [-0.1, -0.05) is 147 Å². The highest BCUT2D eigenvalue weighted by Crippen LogP contribution is 2.43. The molecule has 0 heterocycles. The van der Waals surface area contributed by atoms with Gasteiger partial charge in [0.2, 0.25) is 0 Å². The molecule has 10 nitrogen and oxygen atoms in total. The van der Waals surface area contributed by atoms with Crippen molar-refractivity contribution in [2.24, 2.45) is 0 Å². The smallest absolute Gasteiger partial charge is 0.462 e. The van der Waals surface area contributed by atoms with Crippen LogP contribution in [0.5, 0.6) is 0 Å². The fourth-order valence-electron chi connectivity index (χ4n) is 5.51. The lowest BCUT2D eigenvalue weighted by atomic mass is 10.1. The number of carbonyl (C=O) groups is 2. The number of aliphatic hydroxyl groups is 2. The SMILES string of the molecule is CCCCC/C=C/C/C=C/CCCCCCCC(=O)O[C@H](COC(=O)CC/C=C/CCCCCCCCCCCCC)COP(=O)(O)OC[C@@H](O)CO. The number of allylic oxidation sites excluding steroid dienone is 6. The molecule has 0 aliphatic carbocycles. The molecular formula is C42H77O10P. The summed E-state index contributed by atoms with van der Waals surface area (Å²) in [7, 11) is -4.62. The number of esters is 2. The second kappa shape index (κ2) is 38.5. The van der Waals surface area contributed by atoms with Gasteiger partial charge in [-0.05, 0) is 57.8 Å². The average molecular weight is 773 g/mol. The maximum atomic E-state index is 12.6. The van der Waals surface area contributed by atoms with Crippen molar-refractivity contribution in [3.63, 3.8) is 0 Å². The largest absolute Gasteiger partial charge is 0.472 e. The van der Waals surface area contributed by atoms with Gasteiger partial charge in [-0.3, -0.25) is 18.6 Å². The zero-order valence-electron chi connectivity index (χ0n) is 33.5. The number of hydrogen-bond donors (Lipinski definition) is 3. The summed E-state index contributed by atoms with van der Waals surface area (Å²) < 4.78 is 32.6. The fraction of sp³-hybridized carbons (Fsp3) is 0.810. The van der Waals surface area contributed by atoms with Crippen LogP contribution in [0.1, 0.15) is 181 Å². The highest BCUT2D eigenvalue weighted by Gasteiger charge is 2.27. The lowest BCUT2D eigenvalue weighted by Crippen LogP contribution is -2.29. The first-order valence-corrected chi connectivity index (χ1v) is 22.4. The van der Waals surface area contributed by atoms with Gasteiger partial charge >= 0.3 is 19.8 Å². The molecule has 0 rings (SSSR count). The standard InChI is InChI=1S/C42H77O10P/c1-3-5-7-9-11-13-15-17-19-21-23-25-27-29-31-33-41(45)49-37-40(38-51-53(47,48)50-36-39(44)35-43)52-42(46)34-32-30-28-26-24-22-20-18-16-14-12-10-8-6-4-2/h12,14,18,20,27,29,39-40,43-44H,3-11,13,15-17,19,21-26,28,30-38H2,1-2H3,(H,47,48)/b14-12+,20-18+,29-27+/t39-,40+/m0/s1. The molecule has 0 aliphatic rings. The fourth-order valence-corrected chi connectivity index (χ4v) is 6.30. The first-order chi connectivity index (χ1) is 25.7. The molecule has 3 N–H and O–H groups in total. The number of hydrogen-bond acceptors (Lipinski definition) is 9. The maximum Gasteiger partial charge on any atom is 0.472 e. The summed E-state index contributed by atoms with van der Waals surface area (Å²) >= 11 is 0. The van der Waals surface area contributed by atoms with Crippen LogP contribution in [0.2, 0.25) is 0 Å². The van der Waals surface area contributed by atoms with Crippen molar-refractivity contribution in [3.05, 3.63) is 36.5 Å². The number of aliphatic hydroxyl groups excluding tert-OH is 2. The van der Waals surface area contributed by atoms with Gasteiger partial charge in [0.25, 0.3) is 0 Å². The van der Waals surface area contributed by atoms with Crippen LogP contribution in [0, 0.1) is 0 Å². The summed E-state index contributed by atoms with van der Waals surface area (Å²) in [5.41, 5.74) is 0. The van der Waals surface area contributed by atoms with E-state index >= 15 is 0 Å². The average Bonchev–Trinajstić information content (AvgIpc) is 3.14. The van der Waals surface area contributed by atoms with E-state index in [1.807, 2.05) is 6.08 Å². The molecule has 1 unspecified atom stereocenters. The van der Waals surface area contributed by atoms with Gasteiger partial charge in [-0.25, -0.2) is 4.57 Å². The zero-order chi connectivity index (χ0) is 39.1. The second-order valence-electron chi connectivity index (χ2n) is 14.0. The molecular weight excluding hydrogens is 695 g/mol. The Bertz CT molecular complexity index is 983. The monoisotopic (exact) mass is 773 g/mol. The molecule has 0 amide bonds. The lowest BCUT2D eigenvalue weighted by Gasteiger charge is -2.20. The number of carbonyl (C=O) groups excluding carboxylic acids is 2. The molecule has 0 spiro atoms. The van der Waals surface area contributed by atoms with Gasteiger partial charge in [0.1, 0.15) is 12.7 Å². The summed E-state index contributed by atoms with van der Waals surface area (Å²) in [6.45, 7) is 2.29. The Kier molecular flexibility index (Phi) is 37.2. The minimum Gasteiger partial charge on any atom is -0.462 e. The highest BCUT2D eigenvalue weighted by atomic mass is 31.2. The van der Waals surface area contributed by atoms with Gasteiger partial charge in [0.05, 0.1) is 19.8 Å². The minimum absolute atomic E-state index is 0.156. The number of rotatable bonds is 39. The summed E-state index contributed by atoms with van der Waals surface area (Å²) in [6.07, 6.45) is 38.3. The molecule has 11 heteroatoms. The third kappa shape index (κ3) is 38.3. The summed E-state index contributed by atoms with van der Waals surface area (Å²) in [5.74, 6) is -0.997. The third-order valence-electron chi connectivity index (χ3n) is 8.78. The van der Waals surface area contributed by atoms with Crippen LogP contribution >= 0.6 is 7.82 Å². The number of phosphoric acid groups is 1. The second-order valence-corrected chi connectivity index (χ2v) is 15.5. The van der Waals surface area contributed by atoms with Gasteiger partial charge in [0.15, 0.2) is 6.10 Å². The van der Waals surface area contributed by atoms with E-state index in [1.165, 1.54) is 83.5 Å². The Labute approximate surface area is 322 Å². The van der Waals surface area contributed by atoms with Crippen LogP contribution in [-0.4, -0.2) is 65.7 Å². The molecule has 0 aromatic carbocycles. The number of unbranched alkanes of at least 4 members (excludes halogenated alkanes) is 19. The van der Waals surface area contributed by atoms with Gasteiger partial charge in [-0.2, -0.15) is 0 Å². The van der Waals surface area contributed by atoms with E-state index in [1.54, 1.807) is 0 Å². The Balaban J connectivity index is 4.38. The Morgan fingerprint density at radius 1 is 0.566 bits per heavy atom. The van der Waals surface area contributed by atoms with E-state index in [-0.39, 0.29) is 19.4 Å². The van der Waals surface area contributed by atoms with E-state index in [2.05, 4.69) is 48.8 Å². The molecule has 0 bridgehead atoms. The molecule has 0 saturated carbocycles. The Morgan fingerprint density at radius 3 is 1.58 bits per heavy atom. The molecule has 0 aliphatic heterocycles.